The minimum absolute atomic E-state index is 0.00106. The lowest BCUT2D eigenvalue weighted by atomic mass is 10.3. The molecule has 0 bridgehead atoms. The number of esters is 1. The Hall–Kier alpha value is -1.66. The minimum Gasteiger partial charge on any atom is -0.468 e. The molecule has 1 aromatic carbocycles. The highest BCUT2D eigenvalue weighted by Gasteiger charge is 2.12. The molecular formula is C12H14ClFN2O3. The van der Waals surface area contributed by atoms with Crippen LogP contribution in [0.4, 0.5) is 10.1 Å². The van der Waals surface area contributed by atoms with Crippen molar-refractivity contribution in [3.05, 3.63) is 29.0 Å². The van der Waals surface area contributed by atoms with Gasteiger partial charge in [0, 0.05) is 0 Å². The number of ether oxygens (including phenoxy) is 1. The molecule has 0 heterocycles. The van der Waals surface area contributed by atoms with E-state index in [1.54, 1.807) is 7.05 Å². The molecule has 5 nitrogen and oxygen atoms in total. The highest BCUT2D eigenvalue weighted by atomic mass is 35.5. The molecule has 1 aromatic rings. The third-order valence-electron chi connectivity index (χ3n) is 2.25. The van der Waals surface area contributed by atoms with Crippen molar-refractivity contribution >= 4 is 29.2 Å². The fourth-order valence-electron chi connectivity index (χ4n) is 1.37. The van der Waals surface area contributed by atoms with Crippen LogP contribution < -0.4 is 5.32 Å². The first-order valence-electron chi connectivity index (χ1n) is 5.42. The van der Waals surface area contributed by atoms with Gasteiger partial charge in [-0.2, -0.15) is 0 Å². The normalized spacial score (nSPS) is 10.4. The van der Waals surface area contributed by atoms with Crippen LogP contribution in [0.3, 0.4) is 0 Å². The number of nitrogens with zero attached hydrogens (tertiary/aromatic N) is 1. The fraction of sp³-hybridized carbons (Fsp3) is 0.333. The van der Waals surface area contributed by atoms with Crippen molar-refractivity contribution in [2.45, 2.75) is 0 Å². The summed E-state index contributed by atoms with van der Waals surface area (Å²) in [6.07, 6.45) is 0. The molecule has 0 saturated carbocycles. The second-order valence-corrected chi connectivity index (χ2v) is 4.33. The van der Waals surface area contributed by atoms with E-state index in [4.69, 9.17) is 11.6 Å². The molecular weight excluding hydrogens is 275 g/mol. The third-order valence-corrected chi connectivity index (χ3v) is 2.56. The van der Waals surface area contributed by atoms with Crippen molar-refractivity contribution in [1.29, 1.82) is 0 Å². The number of hydrogen-bond acceptors (Lipinski definition) is 4. The van der Waals surface area contributed by atoms with Crippen molar-refractivity contribution in [2.75, 3.05) is 32.6 Å². The van der Waals surface area contributed by atoms with E-state index < -0.39 is 11.8 Å². The highest BCUT2D eigenvalue weighted by Crippen LogP contribution is 2.22. The number of hydrogen-bond donors (Lipinski definition) is 1. The van der Waals surface area contributed by atoms with E-state index in [0.717, 1.165) is 6.07 Å². The monoisotopic (exact) mass is 288 g/mol. The van der Waals surface area contributed by atoms with Gasteiger partial charge in [0.1, 0.15) is 5.82 Å². The van der Waals surface area contributed by atoms with Gasteiger partial charge >= 0.3 is 5.97 Å². The molecule has 1 rings (SSSR count). The zero-order chi connectivity index (χ0) is 14.4. The predicted octanol–water partition coefficient (Wildman–Crippen LogP) is 1.52. The summed E-state index contributed by atoms with van der Waals surface area (Å²) in [6.45, 7) is -0.0100. The molecule has 0 saturated heterocycles. The number of methoxy groups -OCH3 is 1. The molecule has 0 radical (unpaired) electrons. The molecule has 0 aliphatic rings. The summed E-state index contributed by atoms with van der Waals surface area (Å²) in [5, 5.41) is 2.64. The number of halogens is 2. The summed E-state index contributed by atoms with van der Waals surface area (Å²) in [4.78, 5) is 24.2. The van der Waals surface area contributed by atoms with Crippen molar-refractivity contribution in [3.8, 4) is 0 Å². The Morgan fingerprint density at radius 2 is 2.11 bits per heavy atom. The van der Waals surface area contributed by atoms with Gasteiger partial charge in [0.05, 0.1) is 30.9 Å². The van der Waals surface area contributed by atoms with E-state index >= 15 is 0 Å². The number of anilines is 1. The molecule has 0 fully saturated rings. The smallest absolute Gasteiger partial charge is 0.319 e. The quantitative estimate of drug-likeness (QED) is 0.835. The Bertz CT molecular complexity index is 482. The van der Waals surface area contributed by atoms with Gasteiger partial charge in [-0.3, -0.25) is 14.5 Å². The summed E-state index contributed by atoms with van der Waals surface area (Å²) in [5.74, 6) is -1.28. The number of carbonyl (C=O) groups excluding carboxylic acids is 2. The number of carbonyl (C=O) groups is 2. The standard InChI is InChI=1S/C12H14ClFN2O3/c1-16(7-12(18)19-2)6-11(17)15-10-4-3-8(14)5-9(10)13/h3-5H,6-7H2,1-2H3,(H,15,17). The average Bonchev–Trinajstić information content (AvgIpc) is 2.32. The SMILES string of the molecule is COC(=O)CN(C)CC(=O)Nc1ccc(F)cc1Cl. The van der Waals surface area contributed by atoms with Crippen LogP contribution in [0.25, 0.3) is 0 Å². The first kappa shape index (κ1) is 15.4. The average molecular weight is 289 g/mol. The molecule has 0 aromatic heterocycles. The van der Waals surface area contributed by atoms with Gasteiger partial charge in [-0.15, -0.1) is 0 Å². The van der Waals surface area contributed by atoms with E-state index in [0.29, 0.717) is 5.69 Å². The third kappa shape index (κ3) is 5.23. The van der Waals surface area contributed by atoms with Crippen molar-refractivity contribution in [1.82, 2.24) is 4.90 Å². The zero-order valence-electron chi connectivity index (χ0n) is 10.6. The molecule has 0 spiro atoms. The lowest BCUT2D eigenvalue weighted by Gasteiger charge is -2.15. The summed E-state index contributed by atoms with van der Waals surface area (Å²) in [7, 11) is 2.87. The molecule has 0 unspecified atom stereocenters. The Balaban J connectivity index is 2.53. The Morgan fingerprint density at radius 3 is 2.68 bits per heavy atom. The topological polar surface area (TPSA) is 58.6 Å². The summed E-state index contributed by atoms with van der Waals surface area (Å²) >= 11 is 5.77. The maximum atomic E-state index is 12.8. The first-order chi connectivity index (χ1) is 8.92. The minimum atomic E-state index is -0.481. The summed E-state index contributed by atoms with van der Waals surface area (Å²) in [5.41, 5.74) is 0.319. The van der Waals surface area contributed by atoms with Crippen LogP contribution >= 0.6 is 11.6 Å². The van der Waals surface area contributed by atoms with Crippen LogP contribution in [0.5, 0.6) is 0 Å². The first-order valence-corrected chi connectivity index (χ1v) is 5.80. The van der Waals surface area contributed by atoms with Crippen molar-refractivity contribution < 1.29 is 18.7 Å². The molecule has 0 aliphatic heterocycles. The number of nitrogens with one attached hydrogen (secondary N) is 1. The molecule has 0 atom stereocenters. The van der Waals surface area contributed by atoms with Crippen LogP contribution in [-0.2, 0) is 14.3 Å². The number of likely N-dealkylation sites (N-methyl/N-ethyl adjacent to an activating group) is 1. The number of amides is 1. The summed E-state index contributed by atoms with van der Waals surface area (Å²) < 4.78 is 17.3. The second kappa shape index (κ2) is 7.06. The molecule has 1 N–H and O–H groups in total. The van der Waals surface area contributed by atoms with Gasteiger partial charge in [-0.1, -0.05) is 11.6 Å². The Morgan fingerprint density at radius 1 is 1.42 bits per heavy atom. The van der Waals surface area contributed by atoms with Crippen LogP contribution in [-0.4, -0.2) is 44.0 Å². The molecule has 104 valence electrons. The molecule has 7 heteroatoms. The maximum absolute atomic E-state index is 12.8. The van der Waals surface area contributed by atoms with Crippen molar-refractivity contribution in [2.24, 2.45) is 0 Å². The van der Waals surface area contributed by atoms with E-state index in [9.17, 15) is 14.0 Å². The number of benzene rings is 1. The molecule has 1 amide bonds. The maximum Gasteiger partial charge on any atom is 0.319 e. The van der Waals surface area contributed by atoms with E-state index in [1.165, 1.54) is 24.1 Å². The van der Waals surface area contributed by atoms with Gasteiger partial charge in [-0.25, -0.2) is 4.39 Å². The Kier molecular flexibility index (Phi) is 5.72. The second-order valence-electron chi connectivity index (χ2n) is 3.92. The van der Waals surface area contributed by atoms with Gasteiger partial charge in [0.15, 0.2) is 0 Å². The highest BCUT2D eigenvalue weighted by molar-refractivity contribution is 6.33. The van der Waals surface area contributed by atoms with Crippen LogP contribution in [0.15, 0.2) is 18.2 Å². The summed E-state index contributed by atoms with van der Waals surface area (Å²) in [6, 6.07) is 3.67. The molecule has 0 aliphatic carbocycles. The van der Waals surface area contributed by atoms with Gasteiger partial charge in [0.25, 0.3) is 0 Å². The van der Waals surface area contributed by atoms with E-state index in [2.05, 4.69) is 10.1 Å². The van der Waals surface area contributed by atoms with E-state index in [-0.39, 0.29) is 24.0 Å². The lowest BCUT2D eigenvalue weighted by Crippen LogP contribution is -2.34. The Labute approximate surface area is 115 Å². The van der Waals surface area contributed by atoms with E-state index in [1.807, 2.05) is 0 Å². The van der Waals surface area contributed by atoms with Crippen molar-refractivity contribution in [3.63, 3.8) is 0 Å². The van der Waals surface area contributed by atoms with Gasteiger partial charge < -0.3 is 10.1 Å². The lowest BCUT2D eigenvalue weighted by molar-refractivity contribution is -0.141. The van der Waals surface area contributed by atoms with Crippen LogP contribution in [0.2, 0.25) is 5.02 Å². The zero-order valence-corrected chi connectivity index (χ0v) is 11.3. The van der Waals surface area contributed by atoms with Crippen LogP contribution in [0, 0.1) is 5.82 Å². The largest absolute Gasteiger partial charge is 0.468 e. The predicted molar refractivity (Wildman–Crippen MR) is 69.6 cm³/mol. The number of rotatable bonds is 5. The molecule has 19 heavy (non-hydrogen) atoms. The van der Waals surface area contributed by atoms with Gasteiger partial charge in [0.2, 0.25) is 5.91 Å². The van der Waals surface area contributed by atoms with Gasteiger partial charge in [-0.05, 0) is 25.2 Å². The fourth-order valence-corrected chi connectivity index (χ4v) is 1.58. The van der Waals surface area contributed by atoms with Crippen LogP contribution in [0.1, 0.15) is 0 Å².